The summed E-state index contributed by atoms with van der Waals surface area (Å²) in [5.74, 6) is -0.481. The summed E-state index contributed by atoms with van der Waals surface area (Å²) in [5, 5.41) is 9.71. The number of aldehydes is 1. The number of halogens is 3. The van der Waals surface area contributed by atoms with Gasteiger partial charge in [0, 0.05) is 38.4 Å². The number of benzene rings is 1. The van der Waals surface area contributed by atoms with Crippen LogP contribution in [-0.2, 0) is 34.0 Å². The van der Waals surface area contributed by atoms with Crippen LogP contribution in [0.5, 0.6) is 0 Å². The van der Waals surface area contributed by atoms with Gasteiger partial charge in [-0.2, -0.15) is 13.2 Å². The van der Waals surface area contributed by atoms with Gasteiger partial charge in [-0.25, -0.2) is 23.4 Å². The first-order valence-corrected chi connectivity index (χ1v) is 14.6. The van der Waals surface area contributed by atoms with Gasteiger partial charge in [0.1, 0.15) is 12.1 Å². The summed E-state index contributed by atoms with van der Waals surface area (Å²) >= 11 is 0. The molecular weight excluding hydrogens is 551 g/mol. The fourth-order valence-corrected chi connectivity index (χ4v) is 5.56. The number of carbonyl (C=O) groups excluding carboxylic acids is 2. The summed E-state index contributed by atoms with van der Waals surface area (Å²) in [6.07, 6.45) is -1.45. The minimum Gasteiger partial charge on any atom is -0.392 e. The third kappa shape index (κ3) is 6.17. The molecule has 3 heterocycles. The second-order valence-corrected chi connectivity index (χ2v) is 11.6. The van der Waals surface area contributed by atoms with Gasteiger partial charge in [-0.3, -0.25) is 4.79 Å². The third-order valence-electron chi connectivity index (χ3n) is 6.42. The zero-order valence-electron chi connectivity index (χ0n) is 22.9. The molecule has 0 bridgehead atoms. The Bertz CT molecular complexity index is 1520. The highest BCUT2D eigenvalue weighted by atomic mass is 32.2. The highest BCUT2D eigenvalue weighted by Crippen LogP contribution is 2.39. The Balaban J connectivity index is 0.00000103. The number of aromatic nitrogens is 4. The van der Waals surface area contributed by atoms with Crippen LogP contribution in [0.3, 0.4) is 0 Å². The number of carbonyl (C=O) groups is 2. The second-order valence-electron chi connectivity index (χ2n) is 9.66. The number of alkyl halides is 3. The summed E-state index contributed by atoms with van der Waals surface area (Å²) in [7, 11) is -3.62. The minimum atomic E-state index is -4.84. The molecule has 3 aromatic rings. The van der Waals surface area contributed by atoms with E-state index in [1.807, 2.05) is 25.3 Å². The standard InChI is InChI=1S/C23H26F3N5O4S.C3H6O/c1-5-17(33)14-10-27-22(29-20(14)23(24,25)26)31-7-6-30-16-9-18(36(4,34)35)13(11-32)8-15(16)28-21(30)19(31)12(2)3;1-2-3-4/h8-10,12,19,32H,5-7,11H2,1-4H3;3H,2H2,1H3/t19-;/m1./s1. The average molecular weight is 584 g/mol. The maximum atomic E-state index is 13.8. The van der Waals surface area contributed by atoms with Crippen LogP contribution in [0.25, 0.3) is 11.0 Å². The molecule has 1 aliphatic rings. The quantitative estimate of drug-likeness (QED) is 0.321. The van der Waals surface area contributed by atoms with Crippen molar-refractivity contribution in [1.29, 1.82) is 0 Å². The number of hydrogen-bond acceptors (Lipinski definition) is 9. The Kier molecular flexibility index (Phi) is 9.35. The highest BCUT2D eigenvalue weighted by molar-refractivity contribution is 7.90. The largest absolute Gasteiger partial charge is 0.434 e. The molecule has 1 N–H and O–H groups in total. The fourth-order valence-electron chi connectivity index (χ4n) is 4.63. The fraction of sp³-hybridized carbons (Fsp3) is 0.500. The van der Waals surface area contributed by atoms with Gasteiger partial charge in [-0.05, 0) is 23.6 Å². The number of imidazole rings is 1. The van der Waals surface area contributed by atoms with E-state index in [0.717, 1.165) is 18.7 Å². The van der Waals surface area contributed by atoms with E-state index in [1.54, 1.807) is 4.90 Å². The monoisotopic (exact) mass is 583 g/mol. The summed E-state index contributed by atoms with van der Waals surface area (Å²) in [6.45, 7) is 7.08. The van der Waals surface area contributed by atoms with Crippen LogP contribution in [0.15, 0.2) is 23.2 Å². The second kappa shape index (κ2) is 12.0. The van der Waals surface area contributed by atoms with Crippen molar-refractivity contribution in [2.24, 2.45) is 5.92 Å². The topological polar surface area (TPSA) is 135 Å². The Hall–Kier alpha value is -3.39. The molecule has 14 heteroatoms. The van der Waals surface area contributed by atoms with Gasteiger partial charge in [0.25, 0.3) is 0 Å². The number of hydrogen-bond donors (Lipinski definition) is 1. The van der Waals surface area contributed by atoms with Crippen LogP contribution < -0.4 is 4.90 Å². The van der Waals surface area contributed by atoms with Crippen molar-refractivity contribution < 1.29 is 36.3 Å². The van der Waals surface area contributed by atoms with Gasteiger partial charge in [0.05, 0.1) is 34.1 Å². The van der Waals surface area contributed by atoms with E-state index in [-0.39, 0.29) is 41.8 Å². The number of anilines is 1. The molecule has 1 aromatic carbocycles. The van der Waals surface area contributed by atoms with Crippen molar-refractivity contribution in [3.05, 3.63) is 41.0 Å². The smallest absolute Gasteiger partial charge is 0.392 e. The van der Waals surface area contributed by atoms with Crippen molar-refractivity contribution >= 4 is 38.9 Å². The Labute approximate surface area is 230 Å². The molecule has 0 saturated heterocycles. The third-order valence-corrected chi connectivity index (χ3v) is 7.59. The van der Waals surface area contributed by atoms with Gasteiger partial charge < -0.3 is 19.4 Å². The van der Waals surface area contributed by atoms with E-state index in [1.165, 1.54) is 19.1 Å². The lowest BCUT2D eigenvalue weighted by atomic mass is 10.00. The molecule has 1 aliphatic heterocycles. The molecule has 10 nitrogen and oxygen atoms in total. The van der Waals surface area contributed by atoms with Crippen LogP contribution in [0, 0.1) is 5.92 Å². The average Bonchev–Trinajstić information content (AvgIpc) is 3.27. The molecule has 1 atom stereocenters. The van der Waals surface area contributed by atoms with Crippen LogP contribution in [-0.4, -0.2) is 57.9 Å². The predicted molar refractivity (Wildman–Crippen MR) is 142 cm³/mol. The Morgan fingerprint density at radius 3 is 2.35 bits per heavy atom. The number of aliphatic hydroxyl groups is 1. The summed E-state index contributed by atoms with van der Waals surface area (Å²) in [5.41, 5.74) is -0.605. The SMILES string of the molecule is CCC(=O)c1cnc(N2CCn3c(nc4cc(CO)c(S(C)(=O)=O)cc43)[C@H]2C(C)C)nc1C(F)(F)F.CCC=O. The molecule has 218 valence electrons. The van der Waals surface area contributed by atoms with Crippen LogP contribution in [0.1, 0.15) is 74.0 Å². The molecule has 0 amide bonds. The molecule has 0 radical (unpaired) electrons. The van der Waals surface area contributed by atoms with Gasteiger partial charge in [-0.1, -0.05) is 27.7 Å². The van der Waals surface area contributed by atoms with E-state index in [0.29, 0.717) is 23.3 Å². The number of fused-ring (bicyclic) bond motifs is 3. The molecule has 4 rings (SSSR count). The molecular formula is C26H32F3N5O5S. The molecule has 40 heavy (non-hydrogen) atoms. The molecule has 0 unspecified atom stereocenters. The van der Waals surface area contributed by atoms with E-state index in [2.05, 4.69) is 15.0 Å². The van der Waals surface area contributed by atoms with Crippen molar-refractivity contribution in [2.45, 2.75) is 70.8 Å². The van der Waals surface area contributed by atoms with Gasteiger partial charge in [-0.15, -0.1) is 0 Å². The maximum absolute atomic E-state index is 13.8. The summed E-state index contributed by atoms with van der Waals surface area (Å²) in [4.78, 5) is 35.5. The Morgan fingerprint density at radius 2 is 1.85 bits per heavy atom. The van der Waals surface area contributed by atoms with Crippen molar-refractivity contribution in [3.63, 3.8) is 0 Å². The Morgan fingerprint density at radius 1 is 1.20 bits per heavy atom. The first kappa shape index (κ1) is 31.1. The molecule has 2 aromatic heterocycles. The number of ketones is 1. The lowest BCUT2D eigenvalue weighted by molar-refractivity contribution is -0.141. The highest BCUT2D eigenvalue weighted by Gasteiger charge is 2.40. The van der Waals surface area contributed by atoms with Crippen molar-refractivity contribution in [1.82, 2.24) is 19.5 Å². The lowest BCUT2D eigenvalue weighted by Crippen LogP contribution is -2.42. The van der Waals surface area contributed by atoms with E-state index in [4.69, 9.17) is 0 Å². The first-order chi connectivity index (χ1) is 18.7. The number of nitrogens with zero attached hydrogens (tertiary/aromatic N) is 5. The van der Waals surface area contributed by atoms with E-state index >= 15 is 0 Å². The molecule has 0 aliphatic carbocycles. The predicted octanol–water partition coefficient (Wildman–Crippen LogP) is 4.15. The molecule has 0 fully saturated rings. The van der Waals surface area contributed by atoms with Crippen molar-refractivity contribution in [3.8, 4) is 0 Å². The minimum absolute atomic E-state index is 0.00180. The summed E-state index contributed by atoms with van der Waals surface area (Å²) < 4.78 is 67.8. The first-order valence-electron chi connectivity index (χ1n) is 12.7. The van der Waals surface area contributed by atoms with Gasteiger partial charge >= 0.3 is 6.18 Å². The number of sulfone groups is 1. The van der Waals surface area contributed by atoms with Crippen molar-refractivity contribution in [2.75, 3.05) is 17.7 Å². The van der Waals surface area contributed by atoms with Gasteiger partial charge in [0.15, 0.2) is 21.3 Å². The summed E-state index contributed by atoms with van der Waals surface area (Å²) in [6, 6.07) is 2.46. The maximum Gasteiger partial charge on any atom is 0.434 e. The van der Waals surface area contributed by atoms with Gasteiger partial charge in [0.2, 0.25) is 5.95 Å². The van der Waals surface area contributed by atoms with Crippen LogP contribution in [0.4, 0.5) is 19.1 Å². The van der Waals surface area contributed by atoms with Crippen LogP contribution >= 0.6 is 0 Å². The van der Waals surface area contributed by atoms with E-state index < -0.39 is 45.7 Å². The van der Waals surface area contributed by atoms with Crippen LogP contribution in [0.2, 0.25) is 0 Å². The van der Waals surface area contributed by atoms with E-state index in [9.17, 15) is 36.3 Å². The number of aliphatic hydroxyl groups excluding tert-OH is 1. The zero-order chi connectivity index (χ0) is 30.0. The zero-order valence-corrected chi connectivity index (χ0v) is 23.7. The number of rotatable bonds is 7. The number of Topliss-reactive ketones (excluding diaryl/α,β-unsaturated/α-hetero) is 1. The lowest BCUT2D eigenvalue weighted by Gasteiger charge is -2.38. The molecule has 0 spiro atoms. The molecule has 0 saturated carbocycles. The normalized spacial score (nSPS) is 15.6.